The summed E-state index contributed by atoms with van der Waals surface area (Å²) in [5.74, 6) is -1.20. The van der Waals surface area contributed by atoms with Crippen molar-refractivity contribution in [3.63, 3.8) is 0 Å². The van der Waals surface area contributed by atoms with Crippen molar-refractivity contribution in [3.05, 3.63) is 41.6 Å². The number of aryl methyl sites for hydroxylation is 1. The van der Waals surface area contributed by atoms with Gasteiger partial charge >= 0.3 is 0 Å². The number of nitrogens with one attached hydrogen (secondary N) is 2. The second-order valence-corrected chi connectivity index (χ2v) is 7.18. The number of aromatic amines is 1. The molecule has 32 heavy (non-hydrogen) atoms. The van der Waals surface area contributed by atoms with Crippen molar-refractivity contribution in [2.24, 2.45) is 0 Å². The molecule has 1 fully saturated rings. The van der Waals surface area contributed by atoms with Crippen LogP contribution < -0.4 is 15.0 Å². The van der Waals surface area contributed by atoms with Crippen LogP contribution >= 0.6 is 0 Å². The van der Waals surface area contributed by atoms with Gasteiger partial charge in [0, 0.05) is 18.3 Å². The summed E-state index contributed by atoms with van der Waals surface area (Å²) in [6.07, 6.45) is 1.17. The monoisotopic (exact) mass is 448 g/mol. The summed E-state index contributed by atoms with van der Waals surface area (Å²) in [7, 11) is 0. The summed E-state index contributed by atoms with van der Waals surface area (Å²) in [5, 5.41) is 19.5. The summed E-state index contributed by atoms with van der Waals surface area (Å²) >= 11 is 0. The number of rotatable bonds is 7. The number of aliphatic hydroxyl groups excluding tert-OH is 1. The summed E-state index contributed by atoms with van der Waals surface area (Å²) in [6.45, 7) is 4.04. The van der Waals surface area contributed by atoms with Crippen molar-refractivity contribution in [2.75, 3.05) is 36.6 Å². The van der Waals surface area contributed by atoms with Gasteiger partial charge in [0.05, 0.1) is 38.3 Å². The van der Waals surface area contributed by atoms with E-state index in [1.807, 2.05) is 6.92 Å². The molecule has 0 saturated carbocycles. The minimum atomic E-state index is -0.827. The molecular formula is C19H22F2N8O3. The maximum atomic E-state index is 15.5. The van der Waals surface area contributed by atoms with Gasteiger partial charge in [-0.25, -0.2) is 14.4 Å². The Hall–Kier alpha value is -3.45. The largest absolute Gasteiger partial charge is 0.464 e. The fraction of sp³-hybridized carbons (Fsp3) is 0.421. The van der Waals surface area contributed by atoms with E-state index in [9.17, 15) is 9.50 Å². The van der Waals surface area contributed by atoms with Crippen LogP contribution in [0.15, 0.2) is 18.5 Å². The molecule has 0 bridgehead atoms. The topological polar surface area (TPSA) is 134 Å². The van der Waals surface area contributed by atoms with Crippen molar-refractivity contribution in [3.8, 4) is 5.88 Å². The summed E-state index contributed by atoms with van der Waals surface area (Å²) < 4.78 is 39.7. The van der Waals surface area contributed by atoms with Crippen LogP contribution in [0.5, 0.6) is 5.88 Å². The maximum absolute atomic E-state index is 15.5. The van der Waals surface area contributed by atoms with Gasteiger partial charge in [0.1, 0.15) is 0 Å². The van der Waals surface area contributed by atoms with Crippen molar-refractivity contribution in [1.82, 2.24) is 30.1 Å². The van der Waals surface area contributed by atoms with Gasteiger partial charge in [0.15, 0.2) is 29.4 Å². The van der Waals surface area contributed by atoms with Crippen LogP contribution in [-0.4, -0.2) is 67.6 Å². The first-order valence-corrected chi connectivity index (χ1v) is 9.90. The molecule has 4 rings (SSSR count). The molecule has 4 heterocycles. The van der Waals surface area contributed by atoms with Gasteiger partial charge in [-0.15, -0.1) is 0 Å². The lowest BCUT2D eigenvalue weighted by Gasteiger charge is -2.35. The average Bonchev–Trinajstić information content (AvgIpc) is 3.20. The normalized spacial score (nSPS) is 17.3. The SMILES string of the molecule is Cc1cc(Nc2nc(O[C@H](C)c3ncc(F)cn3)c(F)c(N3CCOCC3CO)n2)n[nH]1. The Morgan fingerprint density at radius 1 is 1.34 bits per heavy atom. The number of hydrogen-bond acceptors (Lipinski definition) is 10. The second-order valence-electron chi connectivity index (χ2n) is 7.18. The number of hydrogen-bond donors (Lipinski definition) is 3. The molecule has 0 radical (unpaired) electrons. The van der Waals surface area contributed by atoms with E-state index in [1.165, 1.54) is 0 Å². The van der Waals surface area contributed by atoms with Crippen LogP contribution in [0.3, 0.4) is 0 Å². The summed E-state index contributed by atoms with van der Waals surface area (Å²) in [4.78, 5) is 17.8. The zero-order valence-corrected chi connectivity index (χ0v) is 17.4. The molecule has 2 atom stereocenters. The standard InChI is InChI=1S/C19H22F2N8O3/c1-10-5-14(28-27-10)24-19-25-17(29-3-4-31-9-13(29)8-30)15(21)18(26-19)32-11(2)16-22-6-12(20)7-23-16/h5-7,11,13,30H,3-4,8-9H2,1-2H3,(H2,24,25,26,27,28)/t11-,13?/m1/s1. The van der Waals surface area contributed by atoms with Crippen molar-refractivity contribution < 1.29 is 23.4 Å². The fourth-order valence-corrected chi connectivity index (χ4v) is 3.17. The predicted molar refractivity (Wildman–Crippen MR) is 109 cm³/mol. The number of ether oxygens (including phenoxy) is 2. The Bertz CT molecular complexity index is 1070. The predicted octanol–water partition coefficient (Wildman–Crippen LogP) is 1.66. The number of aliphatic hydroxyl groups is 1. The molecule has 3 aromatic rings. The van der Waals surface area contributed by atoms with E-state index in [0.717, 1.165) is 18.1 Å². The Labute approximate surface area is 181 Å². The Balaban J connectivity index is 1.70. The van der Waals surface area contributed by atoms with E-state index in [0.29, 0.717) is 19.0 Å². The molecule has 1 aliphatic rings. The minimum absolute atomic E-state index is 0.0401. The molecule has 3 N–H and O–H groups in total. The Morgan fingerprint density at radius 3 is 2.81 bits per heavy atom. The highest BCUT2D eigenvalue weighted by Gasteiger charge is 2.30. The van der Waals surface area contributed by atoms with Gasteiger partial charge in [-0.3, -0.25) is 5.10 Å². The molecule has 0 aliphatic carbocycles. The third-order valence-electron chi connectivity index (χ3n) is 4.75. The van der Waals surface area contributed by atoms with E-state index in [2.05, 4.69) is 35.5 Å². The summed E-state index contributed by atoms with van der Waals surface area (Å²) in [5.41, 5.74) is 0.807. The smallest absolute Gasteiger partial charge is 0.258 e. The molecule has 170 valence electrons. The number of H-pyrrole nitrogens is 1. The molecule has 0 amide bonds. The lowest BCUT2D eigenvalue weighted by molar-refractivity contribution is 0.0717. The highest BCUT2D eigenvalue weighted by atomic mass is 19.1. The summed E-state index contributed by atoms with van der Waals surface area (Å²) in [6, 6.07) is 1.24. The molecule has 13 heteroatoms. The van der Waals surface area contributed by atoms with E-state index in [1.54, 1.807) is 17.9 Å². The Morgan fingerprint density at radius 2 is 2.12 bits per heavy atom. The van der Waals surface area contributed by atoms with E-state index in [4.69, 9.17) is 9.47 Å². The van der Waals surface area contributed by atoms with E-state index >= 15 is 4.39 Å². The van der Waals surface area contributed by atoms with Gasteiger partial charge in [-0.1, -0.05) is 0 Å². The van der Waals surface area contributed by atoms with Crippen molar-refractivity contribution in [2.45, 2.75) is 26.0 Å². The van der Waals surface area contributed by atoms with Crippen LogP contribution in [0, 0.1) is 18.6 Å². The first-order valence-electron chi connectivity index (χ1n) is 9.90. The number of nitrogens with zero attached hydrogens (tertiary/aromatic N) is 6. The minimum Gasteiger partial charge on any atom is -0.464 e. The lowest BCUT2D eigenvalue weighted by Crippen LogP contribution is -2.48. The fourth-order valence-electron chi connectivity index (χ4n) is 3.17. The van der Waals surface area contributed by atoms with Crippen molar-refractivity contribution in [1.29, 1.82) is 0 Å². The average molecular weight is 448 g/mol. The first kappa shape index (κ1) is 21.8. The Kier molecular flexibility index (Phi) is 6.37. The van der Waals surface area contributed by atoms with Crippen LogP contribution in [-0.2, 0) is 4.74 Å². The number of morpholine rings is 1. The highest BCUT2D eigenvalue weighted by Crippen LogP contribution is 2.31. The van der Waals surface area contributed by atoms with Gasteiger partial charge in [0.25, 0.3) is 5.88 Å². The second kappa shape index (κ2) is 9.36. The first-order chi connectivity index (χ1) is 15.4. The third-order valence-corrected chi connectivity index (χ3v) is 4.75. The molecule has 1 saturated heterocycles. The quantitative estimate of drug-likeness (QED) is 0.490. The van der Waals surface area contributed by atoms with E-state index < -0.39 is 23.8 Å². The zero-order valence-electron chi connectivity index (χ0n) is 17.4. The van der Waals surface area contributed by atoms with Gasteiger partial charge in [-0.05, 0) is 13.8 Å². The number of halogens is 2. The van der Waals surface area contributed by atoms with Crippen LogP contribution in [0.1, 0.15) is 24.5 Å². The van der Waals surface area contributed by atoms with Crippen LogP contribution in [0.2, 0.25) is 0 Å². The van der Waals surface area contributed by atoms with Crippen LogP contribution in [0.4, 0.5) is 26.4 Å². The van der Waals surface area contributed by atoms with Crippen LogP contribution in [0.25, 0.3) is 0 Å². The molecule has 0 aromatic carbocycles. The molecule has 1 aliphatic heterocycles. The van der Waals surface area contributed by atoms with Gasteiger partial charge < -0.3 is 24.8 Å². The molecule has 1 unspecified atom stereocenters. The number of anilines is 3. The van der Waals surface area contributed by atoms with E-state index in [-0.39, 0.29) is 36.7 Å². The zero-order chi connectivity index (χ0) is 22.7. The third kappa shape index (κ3) is 4.73. The van der Waals surface area contributed by atoms with Crippen molar-refractivity contribution >= 4 is 17.6 Å². The van der Waals surface area contributed by atoms with Gasteiger partial charge in [-0.2, -0.15) is 19.5 Å². The molecule has 3 aromatic heterocycles. The molecule has 0 spiro atoms. The molecular weight excluding hydrogens is 426 g/mol. The highest BCUT2D eigenvalue weighted by molar-refractivity contribution is 5.55. The lowest BCUT2D eigenvalue weighted by atomic mass is 10.2. The number of aromatic nitrogens is 6. The maximum Gasteiger partial charge on any atom is 0.258 e. The van der Waals surface area contributed by atoms with Gasteiger partial charge in [0.2, 0.25) is 11.8 Å². The molecule has 11 nitrogen and oxygen atoms in total.